The van der Waals surface area contributed by atoms with Crippen molar-refractivity contribution in [1.29, 1.82) is 0 Å². The minimum absolute atomic E-state index is 0.00141. The van der Waals surface area contributed by atoms with Crippen LogP contribution in [0.1, 0.15) is 31.4 Å². The molecule has 0 aromatic heterocycles. The Bertz CT molecular complexity index is 981. The lowest BCUT2D eigenvalue weighted by atomic mass is 10.1. The fraction of sp³-hybridized carbons (Fsp3) is 0.350. The maximum Gasteiger partial charge on any atom is 0.240 e. The smallest absolute Gasteiger partial charge is 0.240 e. The van der Waals surface area contributed by atoms with E-state index in [9.17, 15) is 13.2 Å². The van der Waals surface area contributed by atoms with Crippen molar-refractivity contribution < 1.29 is 22.7 Å². The highest BCUT2D eigenvalue weighted by Crippen LogP contribution is 2.31. The van der Waals surface area contributed by atoms with E-state index in [1.807, 2.05) is 25.1 Å². The topological polar surface area (TPSA) is 93.7 Å². The van der Waals surface area contributed by atoms with Gasteiger partial charge in [-0.2, -0.15) is 0 Å². The van der Waals surface area contributed by atoms with E-state index in [0.29, 0.717) is 29.7 Å². The van der Waals surface area contributed by atoms with Gasteiger partial charge < -0.3 is 14.8 Å². The summed E-state index contributed by atoms with van der Waals surface area (Å²) in [6, 6.07) is 11.4. The molecule has 9 heteroatoms. The summed E-state index contributed by atoms with van der Waals surface area (Å²) in [5, 5.41) is 3.38. The van der Waals surface area contributed by atoms with Gasteiger partial charge in [0.05, 0.1) is 24.2 Å². The van der Waals surface area contributed by atoms with Crippen molar-refractivity contribution >= 4 is 27.5 Å². The quantitative estimate of drug-likeness (QED) is 0.693. The molecule has 7 nitrogen and oxygen atoms in total. The largest absolute Gasteiger partial charge is 0.490 e. The molecule has 2 aromatic rings. The van der Waals surface area contributed by atoms with Gasteiger partial charge >= 0.3 is 0 Å². The standard InChI is InChI=1S/C20H23ClN2O5S/c1-14(16-5-2-3-6-17(16)21)23-20(24)9-10-22-29(25,26)15-7-8-18-19(13-15)28-12-4-11-27-18/h2-3,5-8,13-14,22H,4,9-12H2,1H3,(H,23,24). The van der Waals surface area contributed by atoms with Gasteiger partial charge in [-0.15, -0.1) is 0 Å². The third-order valence-corrected chi connectivity index (χ3v) is 6.23. The van der Waals surface area contributed by atoms with E-state index in [1.165, 1.54) is 12.1 Å². The number of fused-ring (bicyclic) bond motifs is 1. The molecule has 156 valence electrons. The first kappa shape index (κ1) is 21.4. The summed E-state index contributed by atoms with van der Waals surface area (Å²) < 4.78 is 38.5. The number of nitrogens with one attached hydrogen (secondary N) is 2. The Kier molecular flexibility index (Phi) is 7.00. The molecule has 1 amide bonds. The number of benzene rings is 2. The Morgan fingerprint density at radius 3 is 2.62 bits per heavy atom. The zero-order valence-electron chi connectivity index (χ0n) is 16.0. The minimum atomic E-state index is -3.78. The SMILES string of the molecule is CC(NC(=O)CCNS(=O)(=O)c1ccc2c(c1)OCCCO2)c1ccccc1Cl. The van der Waals surface area contributed by atoms with Crippen molar-refractivity contribution in [1.82, 2.24) is 10.0 Å². The Morgan fingerprint density at radius 1 is 1.14 bits per heavy atom. The lowest BCUT2D eigenvalue weighted by Crippen LogP contribution is -2.32. The van der Waals surface area contributed by atoms with Crippen LogP contribution in [0.3, 0.4) is 0 Å². The first-order valence-electron chi connectivity index (χ1n) is 9.30. The third kappa shape index (κ3) is 5.62. The van der Waals surface area contributed by atoms with Crippen molar-refractivity contribution in [3.63, 3.8) is 0 Å². The highest BCUT2D eigenvalue weighted by atomic mass is 35.5. The Balaban J connectivity index is 1.55. The zero-order valence-corrected chi connectivity index (χ0v) is 17.6. The van der Waals surface area contributed by atoms with Gasteiger partial charge in [-0.1, -0.05) is 29.8 Å². The highest BCUT2D eigenvalue weighted by Gasteiger charge is 2.19. The Morgan fingerprint density at radius 2 is 1.86 bits per heavy atom. The fourth-order valence-electron chi connectivity index (χ4n) is 2.91. The van der Waals surface area contributed by atoms with Gasteiger partial charge in [0, 0.05) is 30.5 Å². The summed E-state index contributed by atoms with van der Waals surface area (Å²) in [4.78, 5) is 12.2. The van der Waals surface area contributed by atoms with E-state index >= 15 is 0 Å². The van der Waals surface area contributed by atoms with E-state index in [2.05, 4.69) is 10.0 Å². The van der Waals surface area contributed by atoms with Crippen LogP contribution in [0.5, 0.6) is 11.5 Å². The number of carbonyl (C=O) groups is 1. The Hall–Kier alpha value is -2.29. The fourth-order valence-corrected chi connectivity index (χ4v) is 4.26. The molecule has 0 saturated heterocycles. The maximum absolute atomic E-state index is 12.5. The number of hydrogen-bond donors (Lipinski definition) is 2. The van der Waals surface area contributed by atoms with Gasteiger partial charge in [0.1, 0.15) is 0 Å². The predicted molar refractivity (Wildman–Crippen MR) is 110 cm³/mol. The van der Waals surface area contributed by atoms with Gasteiger partial charge in [-0.3, -0.25) is 4.79 Å². The van der Waals surface area contributed by atoms with Crippen molar-refractivity contribution in [2.24, 2.45) is 0 Å². The van der Waals surface area contributed by atoms with Gasteiger partial charge in [-0.25, -0.2) is 13.1 Å². The molecule has 0 fully saturated rings. The van der Waals surface area contributed by atoms with Crippen LogP contribution in [-0.4, -0.2) is 34.1 Å². The molecule has 0 saturated carbocycles. The number of carbonyl (C=O) groups excluding carboxylic acids is 1. The Labute approximate surface area is 175 Å². The molecule has 1 heterocycles. The van der Waals surface area contributed by atoms with Crippen LogP contribution in [-0.2, 0) is 14.8 Å². The molecule has 2 aromatic carbocycles. The second kappa shape index (κ2) is 9.47. The molecule has 29 heavy (non-hydrogen) atoms. The molecule has 1 unspecified atom stereocenters. The molecular weight excluding hydrogens is 416 g/mol. The van der Waals surface area contributed by atoms with Crippen molar-refractivity contribution in [3.05, 3.63) is 53.1 Å². The van der Waals surface area contributed by atoms with Crippen molar-refractivity contribution in [2.45, 2.75) is 30.7 Å². The molecule has 1 aliphatic heterocycles. The number of halogens is 1. The van der Waals surface area contributed by atoms with E-state index in [0.717, 1.165) is 12.0 Å². The number of amides is 1. The van der Waals surface area contributed by atoms with Gasteiger partial charge in [0.2, 0.25) is 15.9 Å². The molecule has 2 N–H and O–H groups in total. The summed E-state index contributed by atoms with van der Waals surface area (Å²) in [6.45, 7) is 2.78. The van der Waals surface area contributed by atoms with E-state index in [4.69, 9.17) is 21.1 Å². The molecule has 0 aliphatic carbocycles. The molecule has 1 atom stereocenters. The minimum Gasteiger partial charge on any atom is -0.490 e. The number of ether oxygens (including phenoxy) is 2. The van der Waals surface area contributed by atoms with Gasteiger partial charge in [0.15, 0.2) is 11.5 Å². The van der Waals surface area contributed by atoms with E-state index < -0.39 is 10.0 Å². The predicted octanol–water partition coefficient (Wildman–Crippen LogP) is 3.05. The average molecular weight is 439 g/mol. The molecule has 3 rings (SSSR count). The second-order valence-electron chi connectivity index (χ2n) is 6.62. The lowest BCUT2D eigenvalue weighted by Gasteiger charge is -2.16. The average Bonchev–Trinajstić information content (AvgIpc) is 2.93. The molecule has 1 aliphatic rings. The molecular formula is C20H23ClN2O5S. The zero-order chi connectivity index (χ0) is 20.9. The summed E-state index contributed by atoms with van der Waals surface area (Å²) >= 11 is 6.13. The number of sulfonamides is 1. The number of hydrogen-bond acceptors (Lipinski definition) is 5. The second-order valence-corrected chi connectivity index (χ2v) is 8.79. The summed E-state index contributed by atoms with van der Waals surface area (Å²) in [6.07, 6.45) is 0.731. The van der Waals surface area contributed by atoms with Crippen LogP contribution in [0.2, 0.25) is 5.02 Å². The summed E-state index contributed by atoms with van der Waals surface area (Å²) in [5.41, 5.74) is 0.801. The summed E-state index contributed by atoms with van der Waals surface area (Å²) in [7, 11) is -3.78. The number of rotatable bonds is 7. The summed E-state index contributed by atoms with van der Waals surface area (Å²) in [5.74, 6) is 0.643. The van der Waals surface area contributed by atoms with Crippen LogP contribution in [0.4, 0.5) is 0 Å². The van der Waals surface area contributed by atoms with Crippen molar-refractivity contribution in [3.8, 4) is 11.5 Å². The van der Waals surface area contributed by atoms with Crippen LogP contribution in [0, 0.1) is 0 Å². The molecule has 0 bridgehead atoms. The maximum atomic E-state index is 12.5. The highest BCUT2D eigenvalue weighted by molar-refractivity contribution is 7.89. The monoisotopic (exact) mass is 438 g/mol. The first-order valence-corrected chi connectivity index (χ1v) is 11.2. The van der Waals surface area contributed by atoms with Crippen LogP contribution >= 0.6 is 11.6 Å². The van der Waals surface area contributed by atoms with Gasteiger partial charge in [-0.05, 0) is 30.7 Å². The normalized spacial score (nSPS) is 14.7. The van der Waals surface area contributed by atoms with Gasteiger partial charge in [0.25, 0.3) is 0 Å². The van der Waals surface area contributed by atoms with Crippen LogP contribution in [0.25, 0.3) is 0 Å². The van der Waals surface area contributed by atoms with E-state index in [-0.39, 0.29) is 29.8 Å². The van der Waals surface area contributed by atoms with E-state index in [1.54, 1.807) is 12.1 Å². The molecule has 0 spiro atoms. The first-order chi connectivity index (χ1) is 13.9. The van der Waals surface area contributed by atoms with Crippen LogP contribution in [0.15, 0.2) is 47.4 Å². The third-order valence-electron chi connectivity index (χ3n) is 4.42. The van der Waals surface area contributed by atoms with Crippen molar-refractivity contribution in [2.75, 3.05) is 19.8 Å². The van der Waals surface area contributed by atoms with Crippen LogP contribution < -0.4 is 19.5 Å². The lowest BCUT2D eigenvalue weighted by molar-refractivity contribution is -0.121. The molecule has 0 radical (unpaired) electrons.